The summed E-state index contributed by atoms with van der Waals surface area (Å²) in [7, 11) is 0. The Bertz CT molecular complexity index is 343. The van der Waals surface area contributed by atoms with Crippen molar-refractivity contribution < 1.29 is 0 Å². The van der Waals surface area contributed by atoms with Crippen LogP contribution in [-0.4, -0.2) is 22.1 Å². The van der Waals surface area contributed by atoms with E-state index in [9.17, 15) is 0 Å². The fourth-order valence-corrected chi connectivity index (χ4v) is 2.31. The van der Waals surface area contributed by atoms with Crippen LogP contribution in [0, 0.1) is 0 Å². The third-order valence-corrected chi connectivity index (χ3v) is 3.23. The SMILES string of the molecule is CC1CCCC(C)N1Nc1ccnc(N)c1. The van der Waals surface area contributed by atoms with Gasteiger partial charge in [0.15, 0.2) is 0 Å². The van der Waals surface area contributed by atoms with Gasteiger partial charge in [-0.25, -0.2) is 9.99 Å². The molecule has 0 aliphatic carbocycles. The molecule has 1 aromatic heterocycles. The van der Waals surface area contributed by atoms with E-state index in [0.29, 0.717) is 17.9 Å². The predicted octanol–water partition coefficient (Wildman–Crippen LogP) is 2.25. The number of hydrogen-bond acceptors (Lipinski definition) is 4. The van der Waals surface area contributed by atoms with E-state index in [1.165, 1.54) is 19.3 Å². The van der Waals surface area contributed by atoms with Crippen LogP contribution in [-0.2, 0) is 0 Å². The number of nitrogens with zero attached hydrogens (tertiary/aromatic N) is 2. The second-order valence-corrected chi connectivity index (χ2v) is 4.62. The Kier molecular flexibility index (Phi) is 3.29. The summed E-state index contributed by atoms with van der Waals surface area (Å²) in [4.78, 5) is 3.99. The molecule has 4 heteroatoms. The molecule has 88 valence electrons. The van der Waals surface area contributed by atoms with Gasteiger partial charge in [0, 0.05) is 24.3 Å². The molecule has 1 saturated heterocycles. The minimum absolute atomic E-state index is 0.558. The van der Waals surface area contributed by atoms with Gasteiger partial charge in [0.2, 0.25) is 0 Å². The molecular formula is C12H20N4. The first-order valence-corrected chi connectivity index (χ1v) is 5.93. The fourth-order valence-electron chi connectivity index (χ4n) is 2.31. The van der Waals surface area contributed by atoms with E-state index in [-0.39, 0.29) is 0 Å². The topological polar surface area (TPSA) is 54.2 Å². The zero-order valence-electron chi connectivity index (χ0n) is 9.98. The van der Waals surface area contributed by atoms with Gasteiger partial charge in [-0.3, -0.25) is 0 Å². The van der Waals surface area contributed by atoms with Gasteiger partial charge in [-0.2, -0.15) is 0 Å². The van der Waals surface area contributed by atoms with E-state index in [1.54, 1.807) is 6.20 Å². The Hall–Kier alpha value is -1.29. The summed E-state index contributed by atoms with van der Waals surface area (Å²) >= 11 is 0. The fraction of sp³-hybridized carbons (Fsp3) is 0.583. The van der Waals surface area contributed by atoms with Crippen LogP contribution >= 0.6 is 0 Å². The first-order chi connectivity index (χ1) is 7.66. The monoisotopic (exact) mass is 220 g/mol. The Balaban J connectivity index is 2.07. The van der Waals surface area contributed by atoms with E-state index in [4.69, 9.17) is 5.73 Å². The molecule has 2 heterocycles. The highest BCUT2D eigenvalue weighted by Gasteiger charge is 2.24. The molecule has 16 heavy (non-hydrogen) atoms. The molecule has 4 nitrogen and oxygen atoms in total. The van der Waals surface area contributed by atoms with Crippen molar-refractivity contribution in [2.24, 2.45) is 0 Å². The Morgan fingerprint density at radius 2 is 2.06 bits per heavy atom. The number of pyridine rings is 1. The lowest BCUT2D eigenvalue weighted by atomic mass is 10.00. The third-order valence-electron chi connectivity index (χ3n) is 3.23. The summed E-state index contributed by atoms with van der Waals surface area (Å²) in [5.41, 5.74) is 10.1. The van der Waals surface area contributed by atoms with Crippen molar-refractivity contribution in [2.45, 2.75) is 45.2 Å². The number of nitrogen functional groups attached to an aromatic ring is 1. The average Bonchev–Trinajstić information content (AvgIpc) is 2.24. The maximum absolute atomic E-state index is 5.66. The molecule has 0 radical (unpaired) electrons. The Morgan fingerprint density at radius 3 is 2.69 bits per heavy atom. The molecule has 2 unspecified atom stereocenters. The highest BCUT2D eigenvalue weighted by atomic mass is 15.5. The number of nitrogens with one attached hydrogen (secondary N) is 1. The van der Waals surface area contributed by atoms with Gasteiger partial charge in [-0.15, -0.1) is 0 Å². The largest absolute Gasteiger partial charge is 0.384 e. The highest BCUT2D eigenvalue weighted by molar-refractivity contribution is 5.49. The normalized spacial score (nSPS) is 26.6. The van der Waals surface area contributed by atoms with Crippen LogP contribution in [0.2, 0.25) is 0 Å². The molecule has 1 aromatic rings. The van der Waals surface area contributed by atoms with E-state index < -0.39 is 0 Å². The van der Waals surface area contributed by atoms with Crippen molar-refractivity contribution in [3.63, 3.8) is 0 Å². The molecule has 2 rings (SSSR count). The number of hydrogen-bond donors (Lipinski definition) is 2. The van der Waals surface area contributed by atoms with Crippen LogP contribution in [0.5, 0.6) is 0 Å². The number of nitrogens with two attached hydrogens (primary N) is 1. The third kappa shape index (κ3) is 2.44. The lowest BCUT2D eigenvalue weighted by Gasteiger charge is -2.39. The van der Waals surface area contributed by atoms with Crippen LogP contribution in [0.4, 0.5) is 11.5 Å². The Labute approximate surface area is 96.8 Å². The zero-order chi connectivity index (χ0) is 11.5. The van der Waals surface area contributed by atoms with Crippen molar-refractivity contribution in [2.75, 3.05) is 11.2 Å². The van der Waals surface area contributed by atoms with Crippen LogP contribution in [0.3, 0.4) is 0 Å². The first-order valence-electron chi connectivity index (χ1n) is 5.93. The summed E-state index contributed by atoms with van der Waals surface area (Å²) < 4.78 is 0. The van der Waals surface area contributed by atoms with Crippen molar-refractivity contribution in [3.8, 4) is 0 Å². The summed E-state index contributed by atoms with van der Waals surface area (Å²) in [6.07, 6.45) is 5.55. The van der Waals surface area contributed by atoms with E-state index >= 15 is 0 Å². The molecule has 1 aliphatic rings. The van der Waals surface area contributed by atoms with Crippen molar-refractivity contribution in [1.29, 1.82) is 0 Å². The predicted molar refractivity (Wildman–Crippen MR) is 66.9 cm³/mol. The number of piperidine rings is 1. The van der Waals surface area contributed by atoms with Gasteiger partial charge in [0.05, 0.1) is 5.69 Å². The van der Waals surface area contributed by atoms with E-state index in [2.05, 4.69) is 29.3 Å². The zero-order valence-corrected chi connectivity index (χ0v) is 9.98. The number of hydrazine groups is 1. The summed E-state index contributed by atoms with van der Waals surface area (Å²) in [6, 6.07) is 4.95. The molecule has 0 spiro atoms. The van der Waals surface area contributed by atoms with Crippen molar-refractivity contribution >= 4 is 11.5 Å². The van der Waals surface area contributed by atoms with Gasteiger partial charge < -0.3 is 11.2 Å². The molecule has 0 bridgehead atoms. The number of rotatable bonds is 2. The minimum Gasteiger partial charge on any atom is -0.384 e. The molecule has 3 N–H and O–H groups in total. The first kappa shape index (κ1) is 11.2. The summed E-state index contributed by atoms with van der Waals surface area (Å²) in [5.74, 6) is 0.558. The minimum atomic E-state index is 0.558. The van der Waals surface area contributed by atoms with Gasteiger partial charge in [0.25, 0.3) is 0 Å². The second-order valence-electron chi connectivity index (χ2n) is 4.62. The molecule has 1 fully saturated rings. The van der Waals surface area contributed by atoms with Crippen molar-refractivity contribution in [3.05, 3.63) is 18.3 Å². The molecule has 0 amide bonds. The van der Waals surface area contributed by atoms with E-state index in [0.717, 1.165) is 5.69 Å². The number of aromatic nitrogens is 1. The standard InChI is InChI=1S/C12H20N4/c1-9-4-3-5-10(2)16(9)15-11-6-7-14-12(13)8-11/h6-10H,3-5H2,1-2H3,(H3,13,14,15). The molecular weight excluding hydrogens is 200 g/mol. The molecule has 0 aromatic carbocycles. The van der Waals surface area contributed by atoms with Gasteiger partial charge in [-0.1, -0.05) is 6.42 Å². The Morgan fingerprint density at radius 1 is 1.38 bits per heavy atom. The highest BCUT2D eigenvalue weighted by Crippen LogP contribution is 2.23. The van der Waals surface area contributed by atoms with Crippen LogP contribution in [0.25, 0.3) is 0 Å². The molecule has 2 atom stereocenters. The maximum Gasteiger partial charge on any atom is 0.125 e. The van der Waals surface area contributed by atoms with Gasteiger partial charge >= 0.3 is 0 Å². The van der Waals surface area contributed by atoms with Crippen LogP contribution < -0.4 is 11.2 Å². The lowest BCUT2D eigenvalue weighted by molar-refractivity contribution is 0.136. The van der Waals surface area contributed by atoms with Gasteiger partial charge in [0.1, 0.15) is 5.82 Å². The maximum atomic E-state index is 5.66. The second kappa shape index (κ2) is 4.70. The summed E-state index contributed by atoms with van der Waals surface area (Å²) in [5, 5.41) is 2.32. The summed E-state index contributed by atoms with van der Waals surface area (Å²) in [6.45, 7) is 4.51. The average molecular weight is 220 g/mol. The smallest absolute Gasteiger partial charge is 0.125 e. The van der Waals surface area contributed by atoms with Crippen LogP contribution in [0.15, 0.2) is 18.3 Å². The van der Waals surface area contributed by atoms with Gasteiger partial charge in [-0.05, 0) is 32.8 Å². The molecule has 0 saturated carbocycles. The number of anilines is 2. The lowest BCUT2D eigenvalue weighted by Crippen LogP contribution is -2.47. The molecule has 1 aliphatic heterocycles. The van der Waals surface area contributed by atoms with Crippen molar-refractivity contribution in [1.82, 2.24) is 9.99 Å². The van der Waals surface area contributed by atoms with Crippen LogP contribution in [0.1, 0.15) is 33.1 Å². The quantitative estimate of drug-likeness (QED) is 0.802. The van der Waals surface area contributed by atoms with E-state index in [1.807, 2.05) is 12.1 Å².